The Morgan fingerprint density at radius 3 is 2.81 bits per heavy atom. The summed E-state index contributed by atoms with van der Waals surface area (Å²) in [6, 6.07) is 14.2. The molecule has 144 valence electrons. The maximum absolute atomic E-state index is 5.76. The second kappa shape index (κ2) is 8.96. The van der Waals surface area contributed by atoms with Crippen LogP contribution in [0.2, 0.25) is 0 Å². The molecule has 4 heteroatoms. The number of nitrogens with one attached hydrogen (secondary N) is 1. The maximum atomic E-state index is 5.76. The molecule has 0 spiro atoms. The van der Waals surface area contributed by atoms with Crippen LogP contribution < -0.4 is 11.1 Å². The third kappa shape index (κ3) is 4.40. The lowest BCUT2D eigenvalue weighted by Gasteiger charge is -2.38. The third-order valence-corrected chi connectivity index (χ3v) is 6.13. The Morgan fingerprint density at radius 2 is 1.93 bits per heavy atom. The van der Waals surface area contributed by atoms with Crippen molar-refractivity contribution in [2.24, 2.45) is 5.73 Å². The van der Waals surface area contributed by atoms with Crippen LogP contribution in [0.3, 0.4) is 0 Å². The minimum atomic E-state index is 0.451. The van der Waals surface area contributed by atoms with Gasteiger partial charge in [0.25, 0.3) is 0 Å². The largest absolute Gasteiger partial charge is 0.330 e. The van der Waals surface area contributed by atoms with Crippen LogP contribution in [0.4, 0.5) is 0 Å². The number of aromatic nitrogens is 1. The molecule has 0 saturated heterocycles. The van der Waals surface area contributed by atoms with Crippen molar-refractivity contribution in [1.82, 2.24) is 15.2 Å². The van der Waals surface area contributed by atoms with Gasteiger partial charge in [0.1, 0.15) is 0 Å². The molecule has 2 aromatic rings. The van der Waals surface area contributed by atoms with Crippen LogP contribution in [-0.2, 0) is 19.4 Å². The lowest BCUT2D eigenvalue weighted by Crippen LogP contribution is -2.46. The predicted molar refractivity (Wildman–Crippen MR) is 111 cm³/mol. The molecule has 2 aliphatic rings. The van der Waals surface area contributed by atoms with E-state index in [4.69, 9.17) is 10.7 Å². The molecule has 27 heavy (non-hydrogen) atoms. The summed E-state index contributed by atoms with van der Waals surface area (Å²) >= 11 is 0. The quantitative estimate of drug-likeness (QED) is 0.741. The summed E-state index contributed by atoms with van der Waals surface area (Å²) < 4.78 is 0. The zero-order chi connectivity index (χ0) is 18.5. The van der Waals surface area contributed by atoms with Gasteiger partial charge < -0.3 is 11.1 Å². The third-order valence-electron chi connectivity index (χ3n) is 6.13. The summed E-state index contributed by atoms with van der Waals surface area (Å²) in [6.07, 6.45) is 8.99. The standard InChI is InChI=1S/C23H32N4/c24-12-3-4-14-27(22-11-5-9-18-10-6-13-25-23(18)22)17-21-15-19-7-1-2-8-20(19)16-26-21/h1-2,6-8,10,13,21-22,26H,3-5,9,11-12,14-17,24H2/t21-,22?/m0/s1. The van der Waals surface area contributed by atoms with Crippen LogP contribution in [0.15, 0.2) is 42.6 Å². The molecule has 0 saturated carbocycles. The van der Waals surface area contributed by atoms with Gasteiger partial charge in [-0.05, 0) is 74.4 Å². The van der Waals surface area contributed by atoms with Crippen LogP contribution in [0.25, 0.3) is 0 Å². The molecule has 1 aromatic heterocycles. The monoisotopic (exact) mass is 364 g/mol. The Balaban J connectivity index is 1.50. The van der Waals surface area contributed by atoms with E-state index in [2.05, 4.69) is 46.6 Å². The van der Waals surface area contributed by atoms with E-state index in [-0.39, 0.29) is 0 Å². The van der Waals surface area contributed by atoms with Gasteiger partial charge in [0, 0.05) is 25.3 Å². The van der Waals surface area contributed by atoms with Gasteiger partial charge >= 0.3 is 0 Å². The van der Waals surface area contributed by atoms with E-state index in [1.54, 1.807) is 0 Å². The van der Waals surface area contributed by atoms with Crippen LogP contribution >= 0.6 is 0 Å². The molecular weight excluding hydrogens is 332 g/mol. The number of fused-ring (bicyclic) bond motifs is 2. The average molecular weight is 365 g/mol. The fourth-order valence-corrected chi connectivity index (χ4v) is 4.71. The molecular formula is C23H32N4. The van der Waals surface area contributed by atoms with Gasteiger partial charge in [0.15, 0.2) is 0 Å². The first-order valence-electron chi connectivity index (χ1n) is 10.5. The molecule has 2 heterocycles. The minimum Gasteiger partial charge on any atom is -0.330 e. The van der Waals surface area contributed by atoms with Crippen molar-refractivity contribution in [3.8, 4) is 0 Å². The van der Waals surface area contributed by atoms with Gasteiger partial charge in [0.2, 0.25) is 0 Å². The van der Waals surface area contributed by atoms with E-state index in [1.807, 2.05) is 6.20 Å². The van der Waals surface area contributed by atoms with Crippen molar-refractivity contribution >= 4 is 0 Å². The van der Waals surface area contributed by atoms with E-state index < -0.39 is 0 Å². The Kier molecular flexibility index (Phi) is 6.17. The van der Waals surface area contributed by atoms with Gasteiger partial charge in [-0.2, -0.15) is 0 Å². The molecule has 0 fully saturated rings. The highest BCUT2D eigenvalue weighted by atomic mass is 15.2. The average Bonchev–Trinajstić information content (AvgIpc) is 2.73. The Bertz CT molecular complexity index is 745. The molecule has 1 aromatic carbocycles. The molecule has 3 N–H and O–H groups in total. The van der Waals surface area contributed by atoms with Gasteiger partial charge in [0.05, 0.1) is 11.7 Å². The molecule has 4 nitrogen and oxygen atoms in total. The molecule has 4 rings (SSSR count). The number of hydrogen-bond acceptors (Lipinski definition) is 4. The number of benzene rings is 1. The second-order valence-corrected chi connectivity index (χ2v) is 8.00. The van der Waals surface area contributed by atoms with Crippen molar-refractivity contribution in [1.29, 1.82) is 0 Å². The van der Waals surface area contributed by atoms with Crippen LogP contribution in [0.5, 0.6) is 0 Å². The highest BCUT2D eigenvalue weighted by Gasteiger charge is 2.29. The van der Waals surface area contributed by atoms with Crippen molar-refractivity contribution in [3.05, 3.63) is 65.0 Å². The summed E-state index contributed by atoms with van der Waals surface area (Å²) in [6.45, 7) is 3.96. The Morgan fingerprint density at radius 1 is 1.07 bits per heavy atom. The predicted octanol–water partition coefficient (Wildman–Crippen LogP) is 3.21. The molecule has 1 unspecified atom stereocenters. The fourth-order valence-electron chi connectivity index (χ4n) is 4.71. The topological polar surface area (TPSA) is 54.2 Å². The molecule has 1 aliphatic heterocycles. The summed E-state index contributed by atoms with van der Waals surface area (Å²) in [4.78, 5) is 7.48. The fraction of sp³-hybridized carbons (Fsp3) is 0.522. The van der Waals surface area contributed by atoms with Crippen LogP contribution in [-0.4, -0.2) is 35.6 Å². The first-order valence-corrected chi connectivity index (χ1v) is 10.5. The Labute approximate surface area is 163 Å². The SMILES string of the molecule is NCCCCN(C[C@@H]1Cc2ccccc2CN1)C1CCCc2cccnc21. The van der Waals surface area contributed by atoms with E-state index in [0.29, 0.717) is 12.1 Å². The normalized spacial score (nSPS) is 21.7. The van der Waals surface area contributed by atoms with Gasteiger partial charge in [-0.1, -0.05) is 30.3 Å². The highest BCUT2D eigenvalue weighted by molar-refractivity contribution is 5.30. The van der Waals surface area contributed by atoms with E-state index >= 15 is 0 Å². The second-order valence-electron chi connectivity index (χ2n) is 8.00. The zero-order valence-corrected chi connectivity index (χ0v) is 16.2. The van der Waals surface area contributed by atoms with E-state index in [9.17, 15) is 0 Å². The van der Waals surface area contributed by atoms with Gasteiger partial charge in [-0.3, -0.25) is 9.88 Å². The summed E-state index contributed by atoms with van der Waals surface area (Å²) in [7, 11) is 0. The number of pyridine rings is 1. The number of rotatable bonds is 7. The van der Waals surface area contributed by atoms with Gasteiger partial charge in [-0.25, -0.2) is 0 Å². The molecule has 0 bridgehead atoms. The first kappa shape index (κ1) is 18.6. The number of nitrogens with zero attached hydrogens (tertiary/aromatic N) is 2. The number of nitrogens with two attached hydrogens (primary N) is 1. The van der Waals surface area contributed by atoms with Gasteiger partial charge in [-0.15, -0.1) is 0 Å². The minimum absolute atomic E-state index is 0.451. The molecule has 1 aliphatic carbocycles. The van der Waals surface area contributed by atoms with Crippen molar-refractivity contribution in [2.45, 2.75) is 57.2 Å². The lowest BCUT2D eigenvalue weighted by molar-refractivity contribution is 0.151. The molecule has 2 atom stereocenters. The molecule has 0 amide bonds. The smallest absolute Gasteiger partial charge is 0.0607 e. The zero-order valence-electron chi connectivity index (χ0n) is 16.2. The van der Waals surface area contributed by atoms with E-state index in [0.717, 1.165) is 39.0 Å². The first-order chi connectivity index (χ1) is 13.3. The maximum Gasteiger partial charge on any atom is 0.0607 e. The summed E-state index contributed by atoms with van der Waals surface area (Å²) in [5, 5.41) is 3.77. The summed E-state index contributed by atoms with van der Waals surface area (Å²) in [5.41, 5.74) is 11.5. The summed E-state index contributed by atoms with van der Waals surface area (Å²) in [5.74, 6) is 0. The van der Waals surface area contributed by atoms with Crippen LogP contribution in [0, 0.1) is 0 Å². The Hall–Kier alpha value is -1.75. The number of hydrogen-bond donors (Lipinski definition) is 2. The lowest BCUT2D eigenvalue weighted by atomic mass is 9.89. The number of unbranched alkanes of at least 4 members (excludes halogenated alkanes) is 1. The molecule has 0 radical (unpaired) electrons. The number of aryl methyl sites for hydroxylation is 1. The highest BCUT2D eigenvalue weighted by Crippen LogP contribution is 2.33. The van der Waals surface area contributed by atoms with Crippen LogP contribution in [0.1, 0.15) is 54.1 Å². The van der Waals surface area contributed by atoms with E-state index in [1.165, 1.54) is 48.1 Å². The van der Waals surface area contributed by atoms with Crippen molar-refractivity contribution < 1.29 is 0 Å². The van der Waals surface area contributed by atoms with Crippen molar-refractivity contribution in [3.63, 3.8) is 0 Å². The van der Waals surface area contributed by atoms with Crippen molar-refractivity contribution in [2.75, 3.05) is 19.6 Å².